The largest absolute Gasteiger partial charge is 0.416 e. The molecule has 1 aliphatic carbocycles. The summed E-state index contributed by atoms with van der Waals surface area (Å²) in [6.45, 7) is 4.53. The highest BCUT2D eigenvalue weighted by atomic mass is 32.2. The number of amides is 3. The molecule has 2 fully saturated rings. The molecule has 3 amide bonds. The van der Waals surface area contributed by atoms with E-state index >= 15 is 0 Å². The third-order valence-electron chi connectivity index (χ3n) is 8.23. The van der Waals surface area contributed by atoms with E-state index in [2.05, 4.69) is 29.4 Å². The normalized spacial score (nSPS) is 23.7. The number of nitrogens with one attached hydrogen (secondary N) is 2. The summed E-state index contributed by atoms with van der Waals surface area (Å²) in [6, 6.07) is 11.0. The second-order valence-electron chi connectivity index (χ2n) is 11.2. The summed E-state index contributed by atoms with van der Waals surface area (Å²) in [5.41, 5.74) is -0.938. The number of carbonyl (C=O) groups excluding carboxylic acids is 2. The maximum absolute atomic E-state index is 13.5. The fourth-order valence-electron chi connectivity index (χ4n) is 5.87. The molecule has 0 radical (unpaired) electrons. The number of halogens is 3. The third kappa shape index (κ3) is 7.40. The quantitative estimate of drug-likeness (QED) is 0.459. The van der Waals surface area contributed by atoms with E-state index < -0.39 is 33.6 Å². The maximum atomic E-state index is 13.5. The molecule has 1 saturated carbocycles. The zero-order valence-electron chi connectivity index (χ0n) is 23.4. The number of sulfone groups is 1. The summed E-state index contributed by atoms with van der Waals surface area (Å²) >= 11 is 0. The minimum absolute atomic E-state index is 0.0431. The first kappa shape index (κ1) is 30.8. The number of alkyl halides is 3. The van der Waals surface area contributed by atoms with Gasteiger partial charge in [0.1, 0.15) is 6.04 Å². The third-order valence-corrected chi connectivity index (χ3v) is 10.1. The minimum atomic E-state index is -4.55. The first-order valence-corrected chi connectivity index (χ1v) is 15.5. The van der Waals surface area contributed by atoms with Crippen LogP contribution in [0.4, 0.5) is 23.7 Å². The van der Waals surface area contributed by atoms with Crippen LogP contribution in [-0.4, -0.2) is 73.7 Å². The van der Waals surface area contributed by atoms with E-state index in [0.29, 0.717) is 25.8 Å². The van der Waals surface area contributed by atoms with Gasteiger partial charge >= 0.3 is 12.2 Å². The van der Waals surface area contributed by atoms with Crippen LogP contribution in [-0.2, 0) is 20.8 Å². The second kappa shape index (κ2) is 12.4. The number of hydrogen-bond donors (Lipinski definition) is 2. The van der Waals surface area contributed by atoms with E-state index in [1.54, 1.807) is 35.2 Å². The van der Waals surface area contributed by atoms with Crippen molar-refractivity contribution in [1.82, 2.24) is 15.1 Å². The van der Waals surface area contributed by atoms with Gasteiger partial charge in [0, 0.05) is 30.4 Å². The summed E-state index contributed by atoms with van der Waals surface area (Å²) in [6.07, 6.45) is -2.18. The van der Waals surface area contributed by atoms with Crippen LogP contribution in [0.1, 0.15) is 45.1 Å². The van der Waals surface area contributed by atoms with Crippen LogP contribution >= 0.6 is 0 Å². The lowest BCUT2D eigenvalue weighted by atomic mass is 9.81. The first-order chi connectivity index (χ1) is 19.3. The highest BCUT2D eigenvalue weighted by Gasteiger charge is 2.44. The summed E-state index contributed by atoms with van der Waals surface area (Å²) in [5, 5.41) is 4.96. The molecule has 2 aromatic rings. The lowest BCUT2D eigenvalue weighted by molar-refractivity contribution is -0.137. The summed E-state index contributed by atoms with van der Waals surface area (Å²) in [7, 11) is -1.58. The number of nitrogens with zero attached hydrogens (tertiary/aromatic N) is 2. The molecule has 1 saturated heterocycles. The number of hydrogen-bond acceptors (Lipinski definition) is 5. The van der Waals surface area contributed by atoms with E-state index in [1.165, 1.54) is 12.1 Å². The Kier molecular flexibility index (Phi) is 9.32. The van der Waals surface area contributed by atoms with Crippen LogP contribution in [0.25, 0.3) is 0 Å². The van der Waals surface area contributed by atoms with Gasteiger partial charge in [-0.2, -0.15) is 13.2 Å². The maximum Gasteiger partial charge on any atom is 0.416 e. The van der Waals surface area contributed by atoms with E-state index in [-0.39, 0.29) is 46.3 Å². The topological polar surface area (TPSA) is 98.8 Å². The van der Waals surface area contributed by atoms with Crippen molar-refractivity contribution in [2.75, 3.05) is 24.7 Å². The molecule has 2 aromatic carbocycles. The monoisotopic (exact) mass is 594 g/mol. The Morgan fingerprint density at radius 1 is 1.07 bits per heavy atom. The lowest BCUT2D eigenvalue weighted by Gasteiger charge is -2.44. The van der Waals surface area contributed by atoms with Crippen molar-refractivity contribution in [3.05, 3.63) is 60.2 Å². The van der Waals surface area contributed by atoms with Gasteiger partial charge in [0.25, 0.3) is 0 Å². The second-order valence-corrected chi connectivity index (χ2v) is 13.2. The molecule has 4 atom stereocenters. The van der Waals surface area contributed by atoms with Gasteiger partial charge < -0.3 is 20.4 Å². The molecule has 2 N–H and O–H groups in total. The van der Waals surface area contributed by atoms with Gasteiger partial charge in [0.15, 0.2) is 9.84 Å². The molecule has 8 nitrogen and oxygen atoms in total. The SMILES string of the molecule is CC(C)N(C)C1CCC(N2CC[C@H](NC(=O)Nc3cccc(C(F)(F)F)c3)C2=O)[C@H](CS(=O)(=O)c2ccccc2)C1. The average Bonchev–Trinajstić information content (AvgIpc) is 3.27. The standard InChI is InChI=1S/C29H37F3N4O4S/c1-19(2)35(3)23-12-13-26(20(16-23)18-41(39,40)24-10-5-4-6-11-24)36-15-14-25(27(36)37)34-28(38)33-22-9-7-8-21(17-22)29(30,31)32/h4-11,17,19-20,23,25-26H,12-16,18H2,1-3H3,(H2,33,34,38)/t20-,23?,25-,26?/m0/s1. The fourth-order valence-corrected chi connectivity index (χ4v) is 7.56. The highest BCUT2D eigenvalue weighted by Crippen LogP contribution is 2.36. The van der Waals surface area contributed by atoms with Crippen molar-refractivity contribution in [3.8, 4) is 0 Å². The molecule has 1 aliphatic heterocycles. The molecule has 0 bridgehead atoms. The minimum Gasteiger partial charge on any atom is -0.338 e. The van der Waals surface area contributed by atoms with Crippen LogP contribution in [0, 0.1) is 5.92 Å². The van der Waals surface area contributed by atoms with Gasteiger partial charge in [-0.25, -0.2) is 13.2 Å². The van der Waals surface area contributed by atoms with Gasteiger partial charge in [-0.1, -0.05) is 24.3 Å². The Balaban J connectivity index is 1.46. The molecule has 4 rings (SSSR count). The predicted molar refractivity (Wildman–Crippen MR) is 150 cm³/mol. The molecule has 0 aromatic heterocycles. The van der Waals surface area contributed by atoms with E-state index in [9.17, 15) is 31.2 Å². The van der Waals surface area contributed by atoms with Crippen LogP contribution < -0.4 is 10.6 Å². The van der Waals surface area contributed by atoms with E-state index in [0.717, 1.165) is 18.6 Å². The van der Waals surface area contributed by atoms with Crippen molar-refractivity contribution in [2.45, 2.75) is 74.8 Å². The van der Waals surface area contributed by atoms with Crippen LogP contribution in [0.15, 0.2) is 59.5 Å². The van der Waals surface area contributed by atoms with Gasteiger partial charge in [-0.05, 0) is 82.8 Å². The Morgan fingerprint density at radius 2 is 1.78 bits per heavy atom. The van der Waals surface area contributed by atoms with Crippen LogP contribution in [0.5, 0.6) is 0 Å². The number of likely N-dealkylation sites (tertiary alicyclic amines) is 1. The van der Waals surface area contributed by atoms with Crippen molar-refractivity contribution in [3.63, 3.8) is 0 Å². The molecule has 41 heavy (non-hydrogen) atoms. The van der Waals surface area contributed by atoms with Crippen molar-refractivity contribution >= 4 is 27.5 Å². The molecule has 0 spiro atoms. The van der Waals surface area contributed by atoms with Crippen LogP contribution in [0.2, 0.25) is 0 Å². The fraction of sp³-hybridized carbons (Fsp3) is 0.517. The Labute approximate surface area is 239 Å². The van der Waals surface area contributed by atoms with E-state index in [1.807, 2.05) is 7.05 Å². The number of urea groups is 1. The molecule has 2 unspecified atom stereocenters. The van der Waals surface area contributed by atoms with Crippen molar-refractivity contribution < 1.29 is 31.2 Å². The molecular weight excluding hydrogens is 557 g/mol. The van der Waals surface area contributed by atoms with E-state index in [4.69, 9.17) is 0 Å². The Hall–Kier alpha value is -3.12. The van der Waals surface area contributed by atoms with Gasteiger partial charge in [0.2, 0.25) is 5.91 Å². The highest BCUT2D eigenvalue weighted by molar-refractivity contribution is 7.91. The number of carbonyl (C=O) groups is 2. The lowest BCUT2D eigenvalue weighted by Crippen LogP contribution is -2.53. The number of anilines is 1. The smallest absolute Gasteiger partial charge is 0.338 e. The summed E-state index contributed by atoms with van der Waals surface area (Å²) < 4.78 is 65.8. The van der Waals surface area contributed by atoms with Crippen LogP contribution in [0.3, 0.4) is 0 Å². The zero-order chi connectivity index (χ0) is 29.9. The predicted octanol–water partition coefficient (Wildman–Crippen LogP) is 4.78. The number of benzene rings is 2. The van der Waals surface area contributed by atoms with Crippen molar-refractivity contribution in [1.29, 1.82) is 0 Å². The first-order valence-electron chi connectivity index (χ1n) is 13.8. The molecule has 12 heteroatoms. The molecule has 1 heterocycles. The van der Waals surface area contributed by atoms with Gasteiger partial charge in [-0.3, -0.25) is 4.79 Å². The summed E-state index contributed by atoms with van der Waals surface area (Å²) in [4.78, 5) is 30.2. The van der Waals surface area contributed by atoms with Crippen molar-refractivity contribution in [2.24, 2.45) is 5.92 Å². The zero-order valence-corrected chi connectivity index (χ0v) is 24.2. The Morgan fingerprint density at radius 3 is 2.44 bits per heavy atom. The van der Waals surface area contributed by atoms with Gasteiger partial charge in [0.05, 0.1) is 16.2 Å². The summed E-state index contributed by atoms with van der Waals surface area (Å²) in [5.74, 6) is -0.712. The molecular formula is C29H37F3N4O4S. The number of rotatable bonds is 8. The molecule has 224 valence electrons. The average molecular weight is 595 g/mol. The molecule has 2 aliphatic rings. The van der Waals surface area contributed by atoms with Gasteiger partial charge in [-0.15, -0.1) is 0 Å². The Bertz CT molecular complexity index is 1340.